The molecule has 2 N–H and O–H groups in total. The molecule has 2 amide bonds. The molecule has 0 unspecified atom stereocenters. The molecule has 0 fully saturated rings. The number of rotatable bonds is 6. The Morgan fingerprint density at radius 2 is 1.69 bits per heavy atom. The molecule has 0 saturated heterocycles. The molecule has 2 aromatic carbocycles. The number of hydrogen-bond donors (Lipinski definition) is 2. The van der Waals surface area contributed by atoms with Gasteiger partial charge >= 0.3 is 0 Å². The summed E-state index contributed by atoms with van der Waals surface area (Å²) in [6.45, 7) is 7.96. The van der Waals surface area contributed by atoms with Crippen molar-refractivity contribution in [1.29, 1.82) is 0 Å². The van der Waals surface area contributed by atoms with Gasteiger partial charge in [-0.05, 0) is 67.6 Å². The van der Waals surface area contributed by atoms with Gasteiger partial charge in [0, 0.05) is 16.3 Å². The van der Waals surface area contributed by atoms with Crippen molar-refractivity contribution in [2.24, 2.45) is 5.92 Å². The average molecular weight is 373 g/mol. The first-order chi connectivity index (χ1) is 12.3. The van der Waals surface area contributed by atoms with Gasteiger partial charge in [-0.1, -0.05) is 37.6 Å². The van der Waals surface area contributed by atoms with Crippen LogP contribution in [0, 0.1) is 19.8 Å². The molecule has 1 atom stereocenters. The first kappa shape index (κ1) is 20.0. The van der Waals surface area contributed by atoms with Crippen LogP contribution in [0.3, 0.4) is 0 Å². The number of amides is 2. The third-order valence-corrected chi connectivity index (χ3v) is 4.34. The molecule has 2 rings (SSSR count). The van der Waals surface area contributed by atoms with E-state index in [1.807, 2.05) is 45.9 Å². The number of hydrogen-bond acceptors (Lipinski definition) is 2. The SMILES string of the molecule is Cc1ccc(C)c(NC(=O)[C@@H](CC(C)C)NC(=O)c2ccc(Cl)cc2)c1. The molecule has 0 radical (unpaired) electrons. The Hall–Kier alpha value is -2.33. The summed E-state index contributed by atoms with van der Waals surface area (Å²) < 4.78 is 0. The fourth-order valence-corrected chi connectivity index (χ4v) is 2.76. The van der Waals surface area contributed by atoms with Gasteiger partial charge in [0.05, 0.1) is 0 Å². The van der Waals surface area contributed by atoms with Crippen molar-refractivity contribution in [2.45, 2.75) is 40.2 Å². The highest BCUT2D eigenvalue weighted by molar-refractivity contribution is 6.30. The van der Waals surface area contributed by atoms with Gasteiger partial charge in [-0.15, -0.1) is 0 Å². The number of anilines is 1. The minimum atomic E-state index is -0.613. The van der Waals surface area contributed by atoms with Crippen LogP contribution in [0.25, 0.3) is 0 Å². The molecule has 0 aliphatic carbocycles. The van der Waals surface area contributed by atoms with Gasteiger partial charge in [-0.2, -0.15) is 0 Å². The number of nitrogens with one attached hydrogen (secondary N) is 2. The Morgan fingerprint density at radius 1 is 1.04 bits per heavy atom. The average Bonchev–Trinajstić information content (AvgIpc) is 2.57. The molecular weight excluding hydrogens is 348 g/mol. The predicted octanol–water partition coefficient (Wildman–Crippen LogP) is 4.74. The quantitative estimate of drug-likeness (QED) is 0.769. The van der Waals surface area contributed by atoms with Crippen LogP contribution in [0.4, 0.5) is 5.69 Å². The molecule has 0 bridgehead atoms. The molecule has 0 aliphatic heterocycles. The van der Waals surface area contributed by atoms with E-state index < -0.39 is 6.04 Å². The van der Waals surface area contributed by atoms with E-state index in [2.05, 4.69) is 10.6 Å². The molecule has 0 aromatic heterocycles. The van der Waals surface area contributed by atoms with E-state index in [0.29, 0.717) is 17.0 Å². The maximum absolute atomic E-state index is 12.8. The maximum Gasteiger partial charge on any atom is 0.251 e. The second-order valence-electron chi connectivity index (χ2n) is 6.97. The molecular formula is C21H25ClN2O2. The number of aryl methyl sites for hydroxylation is 2. The highest BCUT2D eigenvalue weighted by Crippen LogP contribution is 2.18. The minimum absolute atomic E-state index is 0.213. The first-order valence-corrected chi connectivity index (χ1v) is 9.08. The minimum Gasteiger partial charge on any atom is -0.340 e. The number of carbonyl (C=O) groups is 2. The number of carbonyl (C=O) groups excluding carboxylic acids is 2. The second kappa shape index (κ2) is 8.86. The predicted molar refractivity (Wildman–Crippen MR) is 107 cm³/mol. The first-order valence-electron chi connectivity index (χ1n) is 8.71. The lowest BCUT2D eigenvalue weighted by Gasteiger charge is -2.21. The summed E-state index contributed by atoms with van der Waals surface area (Å²) in [6, 6.07) is 11.9. The standard InChI is InChI=1S/C21H25ClN2O2/c1-13(2)11-19(24-20(25)16-7-9-17(22)10-8-16)21(26)23-18-12-14(3)5-6-15(18)4/h5-10,12-13,19H,11H2,1-4H3,(H,23,26)(H,24,25)/t19-/m1/s1. The van der Waals surface area contributed by atoms with Crippen LogP contribution in [0.5, 0.6) is 0 Å². The van der Waals surface area contributed by atoms with E-state index in [9.17, 15) is 9.59 Å². The third kappa shape index (κ3) is 5.60. The Labute approximate surface area is 159 Å². The summed E-state index contributed by atoms with van der Waals surface area (Å²) >= 11 is 5.86. The Morgan fingerprint density at radius 3 is 2.31 bits per heavy atom. The van der Waals surface area contributed by atoms with E-state index in [1.54, 1.807) is 24.3 Å². The topological polar surface area (TPSA) is 58.2 Å². The second-order valence-corrected chi connectivity index (χ2v) is 7.41. The lowest BCUT2D eigenvalue weighted by Crippen LogP contribution is -2.44. The fraction of sp³-hybridized carbons (Fsp3) is 0.333. The molecule has 138 valence electrons. The van der Waals surface area contributed by atoms with Gasteiger partial charge in [-0.25, -0.2) is 0 Å². The number of halogens is 1. The van der Waals surface area contributed by atoms with Crippen molar-refractivity contribution < 1.29 is 9.59 Å². The van der Waals surface area contributed by atoms with Crippen LogP contribution in [0.1, 0.15) is 41.8 Å². The van der Waals surface area contributed by atoms with Gasteiger partial charge in [0.15, 0.2) is 0 Å². The Kier molecular flexibility index (Phi) is 6.81. The van der Waals surface area contributed by atoms with Crippen LogP contribution >= 0.6 is 11.6 Å². The van der Waals surface area contributed by atoms with Gasteiger partial charge in [0.25, 0.3) is 5.91 Å². The zero-order valence-electron chi connectivity index (χ0n) is 15.6. The van der Waals surface area contributed by atoms with Crippen molar-refractivity contribution >= 4 is 29.1 Å². The smallest absolute Gasteiger partial charge is 0.251 e. The van der Waals surface area contributed by atoms with E-state index in [4.69, 9.17) is 11.6 Å². The Bertz CT molecular complexity index is 785. The molecule has 4 nitrogen and oxygen atoms in total. The van der Waals surface area contributed by atoms with E-state index >= 15 is 0 Å². The van der Waals surface area contributed by atoms with Gasteiger partial charge < -0.3 is 10.6 Å². The zero-order chi connectivity index (χ0) is 19.3. The van der Waals surface area contributed by atoms with Crippen LogP contribution in [0.15, 0.2) is 42.5 Å². The largest absolute Gasteiger partial charge is 0.340 e. The third-order valence-electron chi connectivity index (χ3n) is 4.09. The van der Waals surface area contributed by atoms with Crippen LogP contribution in [-0.4, -0.2) is 17.9 Å². The lowest BCUT2D eigenvalue weighted by molar-refractivity contribution is -0.118. The molecule has 26 heavy (non-hydrogen) atoms. The van der Waals surface area contributed by atoms with Gasteiger partial charge in [0.2, 0.25) is 5.91 Å². The Balaban J connectivity index is 2.15. The maximum atomic E-state index is 12.8. The summed E-state index contributed by atoms with van der Waals surface area (Å²) in [5.74, 6) is -0.243. The van der Waals surface area contributed by atoms with E-state index in [-0.39, 0.29) is 17.7 Å². The summed E-state index contributed by atoms with van der Waals surface area (Å²) in [7, 11) is 0. The summed E-state index contributed by atoms with van der Waals surface area (Å²) in [5, 5.41) is 6.35. The van der Waals surface area contributed by atoms with E-state index in [1.165, 1.54) is 0 Å². The van der Waals surface area contributed by atoms with Gasteiger partial charge in [0.1, 0.15) is 6.04 Å². The highest BCUT2D eigenvalue weighted by atomic mass is 35.5. The van der Waals surface area contributed by atoms with Crippen molar-refractivity contribution in [3.05, 3.63) is 64.2 Å². The summed E-state index contributed by atoms with van der Waals surface area (Å²) in [5.41, 5.74) is 3.29. The lowest BCUT2D eigenvalue weighted by atomic mass is 10.0. The molecule has 0 saturated carbocycles. The molecule has 5 heteroatoms. The summed E-state index contributed by atoms with van der Waals surface area (Å²) in [6.07, 6.45) is 0.552. The van der Waals surface area contributed by atoms with Crippen molar-refractivity contribution in [1.82, 2.24) is 5.32 Å². The molecule has 0 spiro atoms. The molecule has 0 heterocycles. The molecule has 2 aromatic rings. The van der Waals surface area contributed by atoms with Crippen LogP contribution in [0.2, 0.25) is 5.02 Å². The van der Waals surface area contributed by atoms with Gasteiger partial charge in [-0.3, -0.25) is 9.59 Å². The van der Waals surface area contributed by atoms with Crippen molar-refractivity contribution in [3.8, 4) is 0 Å². The molecule has 0 aliphatic rings. The van der Waals surface area contributed by atoms with Crippen molar-refractivity contribution in [3.63, 3.8) is 0 Å². The fourth-order valence-electron chi connectivity index (χ4n) is 2.64. The highest BCUT2D eigenvalue weighted by Gasteiger charge is 2.23. The zero-order valence-corrected chi connectivity index (χ0v) is 16.4. The monoisotopic (exact) mass is 372 g/mol. The van der Waals surface area contributed by atoms with E-state index in [0.717, 1.165) is 16.8 Å². The summed E-state index contributed by atoms with van der Waals surface area (Å²) in [4.78, 5) is 25.3. The van der Waals surface area contributed by atoms with Crippen LogP contribution < -0.4 is 10.6 Å². The van der Waals surface area contributed by atoms with Crippen molar-refractivity contribution in [2.75, 3.05) is 5.32 Å². The van der Waals surface area contributed by atoms with Crippen LogP contribution in [-0.2, 0) is 4.79 Å². The normalized spacial score (nSPS) is 11.9. The number of benzene rings is 2.